The van der Waals surface area contributed by atoms with E-state index in [-0.39, 0.29) is 4.75 Å². The van der Waals surface area contributed by atoms with Crippen molar-refractivity contribution in [2.75, 3.05) is 19.7 Å². The van der Waals surface area contributed by atoms with E-state index in [9.17, 15) is 4.57 Å². The molecule has 3 nitrogen and oxygen atoms in total. The van der Waals surface area contributed by atoms with Crippen LogP contribution in [0.3, 0.4) is 0 Å². The fraction of sp³-hybridized carbons (Fsp3) is 1.00. The maximum atomic E-state index is 11.3. The molecule has 1 saturated heterocycles. The Bertz CT molecular complexity index is 181. The van der Waals surface area contributed by atoms with E-state index in [0.717, 1.165) is 13.0 Å². The number of nitrogens with zero attached hydrogens (tertiary/aromatic N) is 1. The van der Waals surface area contributed by atoms with E-state index in [1.807, 2.05) is 18.5 Å². The highest BCUT2D eigenvalue weighted by atomic mass is 32.1. The van der Waals surface area contributed by atoms with Crippen molar-refractivity contribution in [1.82, 2.24) is 4.67 Å². The molecule has 0 aromatic heterocycles. The van der Waals surface area contributed by atoms with Crippen molar-refractivity contribution in [3.05, 3.63) is 0 Å². The van der Waals surface area contributed by atoms with Crippen molar-refractivity contribution >= 4 is 20.8 Å². The largest absolute Gasteiger partial charge is 0.615 e. The first-order valence-corrected chi connectivity index (χ1v) is 5.64. The number of hydrogen-bond donors (Lipinski definition) is 1. The molecule has 0 spiro atoms. The van der Waals surface area contributed by atoms with Crippen LogP contribution in [-0.4, -0.2) is 29.1 Å². The molecule has 0 aromatic carbocycles. The van der Waals surface area contributed by atoms with Crippen molar-refractivity contribution in [3.63, 3.8) is 0 Å². The van der Waals surface area contributed by atoms with Crippen molar-refractivity contribution in [2.24, 2.45) is 0 Å². The summed E-state index contributed by atoms with van der Waals surface area (Å²) in [6.45, 7) is 6.21. The fourth-order valence-corrected chi connectivity index (χ4v) is 2.64. The summed E-state index contributed by atoms with van der Waals surface area (Å²) >= 11 is 4.38. The SMILES string of the molecule is CC(C)(S)CN1CCCO[P+]1=O. The van der Waals surface area contributed by atoms with Crippen LogP contribution in [0.4, 0.5) is 0 Å². The average molecular weight is 208 g/mol. The van der Waals surface area contributed by atoms with Gasteiger partial charge < -0.3 is 0 Å². The number of thiol groups is 1. The number of hydrogen-bond acceptors (Lipinski definition) is 3. The van der Waals surface area contributed by atoms with Crippen molar-refractivity contribution in [1.29, 1.82) is 0 Å². The van der Waals surface area contributed by atoms with E-state index in [1.54, 1.807) is 0 Å². The van der Waals surface area contributed by atoms with E-state index in [4.69, 9.17) is 4.52 Å². The van der Waals surface area contributed by atoms with Gasteiger partial charge in [0, 0.05) is 11.3 Å². The zero-order valence-corrected chi connectivity index (χ0v) is 9.28. The minimum Gasteiger partial charge on any atom is -0.172 e. The van der Waals surface area contributed by atoms with Crippen LogP contribution in [0.5, 0.6) is 0 Å². The second-order valence-electron chi connectivity index (χ2n) is 3.63. The highest BCUT2D eigenvalue weighted by molar-refractivity contribution is 7.81. The first-order chi connectivity index (χ1) is 5.49. The minimum absolute atomic E-state index is 0.105. The quantitative estimate of drug-likeness (QED) is 0.556. The molecular weight excluding hydrogens is 193 g/mol. The van der Waals surface area contributed by atoms with Gasteiger partial charge in [0.15, 0.2) is 0 Å². The molecule has 0 N–H and O–H groups in total. The Morgan fingerprint density at radius 2 is 2.33 bits per heavy atom. The van der Waals surface area contributed by atoms with Gasteiger partial charge in [-0.05, 0) is 24.8 Å². The Morgan fingerprint density at radius 3 is 2.83 bits per heavy atom. The van der Waals surface area contributed by atoms with Gasteiger partial charge in [0.2, 0.25) is 0 Å². The summed E-state index contributed by atoms with van der Waals surface area (Å²) in [5.41, 5.74) is 0. The summed E-state index contributed by atoms with van der Waals surface area (Å²) in [4.78, 5) is 0. The van der Waals surface area contributed by atoms with Gasteiger partial charge in [-0.15, -0.1) is 4.52 Å². The summed E-state index contributed by atoms with van der Waals surface area (Å²) in [6, 6.07) is 0. The van der Waals surface area contributed by atoms with Crippen LogP contribution < -0.4 is 0 Å². The summed E-state index contributed by atoms with van der Waals surface area (Å²) in [7, 11) is -1.58. The third-order valence-electron chi connectivity index (χ3n) is 1.56. The predicted molar refractivity (Wildman–Crippen MR) is 52.8 cm³/mol. The molecule has 0 saturated carbocycles. The molecular formula is C7H15NO2PS+. The smallest absolute Gasteiger partial charge is 0.172 e. The van der Waals surface area contributed by atoms with Crippen molar-refractivity contribution in [3.8, 4) is 0 Å². The Labute approximate surface area is 79.8 Å². The highest BCUT2D eigenvalue weighted by Crippen LogP contribution is 2.34. The third-order valence-corrected chi connectivity index (χ3v) is 2.91. The molecule has 0 aliphatic carbocycles. The normalized spacial score (nSPS) is 24.4. The van der Waals surface area contributed by atoms with Crippen LogP contribution in [0.15, 0.2) is 0 Å². The van der Waals surface area contributed by atoms with E-state index < -0.39 is 8.18 Å². The maximum absolute atomic E-state index is 11.3. The summed E-state index contributed by atoms with van der Waals surface area (Å²) in [5.74, 6) is 0. The van der Waals surface area contributed by atoms with Crippen LogP contribution in [0.25, 0.3) is 0 Å². The van der Waals surface area contributed by atoms with E-state index in [1.165, 1.54) is 0 Å². The monoisotopic (exact) mass is 208 g/mol. The van der Waals surface area contributed by atoms with E-state index in [0.29, 0.717) is 13.2 Å². The molecule has 70 valence electrons. The summed E-state index contributed by atoms with van der Waals surface area (Å²) < 4.78 is 18.1. The molecule has 0 amide bonds. The predicted octanol–water partition coefficient (Wildman–Crippen LogP) is 2.07. The molecule has 12 heavy (non-hydrogen) atoms. The summed E-state index contributed by atoms with van der Waals surface area (Å²) in [5, 5.41) is 0. The lowest BCUT2D eigenvalue weighted by molar-refractivity contribution is 0.218. The molecule has 0 aromatic rings. The van der Waals surface area contributed by atoms with Crippen LogP contribution >= 0.6 is 20.8 Å². The second-order valence-corrected chi connectivity index (χ2v) is 6.14. The number of rotatable bonds is 2. The summed E-state index contributed by atoms with van der Waals surface area (Å²) in [6.07, 6.45) is 0.963. The lowest BCUT2D eigenvalue weighted by Gasteiger charge is -2.22. The van der Waals surface area contributed by atoms with Crippen molar-refractivity contribution < 1.29 is 9.09 Å². The lowest BCUT2D eigenvalue weighted by Crippen LogP contribution is -2.33. The molecule has 1 atom stereocenters. The molecule has 1 unspecified atom stereocenters. The zero-order valence-electron chi connectivity index (χ0n) is 7.49. The Kier molecular flexibility index (Phi) is 3.53. The highest BCUT2D eigenvalue weighted by Gasteiger charge is 2.36. The van der Waals surface area contributed by atoms with Crippen molar-refractivity contribution in [2.45, 2.75) is 25.0 Å². The van der Waals surface area contributed by atoms with Crippen LogP contribution in [0.1, 0.15) is 20.3 Å². The molecule has 1 heterocycles. The lowest BCUT2D eigenvalue weighted by atomic mass is 10.2. The Balaban J connectivity index is 2.45. The third kappa shape index (κ3) is 3.40. The van der Waals surface area contributed by atoms with Gasteiger partial charge in [0.25, 0.3) is 0 Å². The fourth-order valence-electron chi connectivity index (χ4n) is 1.14. The van der Waals surface area contributed by atoms with Gasteiger partial charge in [-0.2, -0.15) is 12.6 Å². The Hall–Kier alpha value is 0.370. The van der Waals surface area contributed by atoms with Gasteiger partial charge in [-0.25, -0.2) is 0 Å². The zero-order chi connectivity index (χ0) is 9.19. The van der Waals surface area contributed by atoms with E-state index in [2.05, 4.69) is 12.6 Å². The molecule has 0 radical (unpaired) electrons. The molecule has 0 bridgehead atoms. The van der Waals surface area contributed by atoms with Gasteiger partial charge in [0.1, 0.15) is 6.61 Å². The molecule has 1 aliphatic rings. The van der Waals surface area contributed by atoms with Gasteiger partial charge >= 0.3 is 8.18 Å². The first kappa shape index (κ1) is 10.5. The molecule has 1 fully saturated rings. The first-order valence-electron chi connectivity index (χ1n) is 4.06. The maximum Gasteiger partial charge on any atom is 0.615 e. The molecule has 1 rings (SSSR count). The topological polar surface area (TPSA) is 29.5 Å². The van der Waals surface area contributed by atoms with Crippen LogP contribution in [-0.2, 0) is 9.09 Å². The Morgan fingerprint density at radius 1 is 1.67 bits per heavy atom. The van der Waals surface area contributed by atoms with Gasteiger partial charge in [0.05, 0.1) is 6.54 Å². The minimum atomic E-state index is -1.58. The average Bonchev–Trinajstić information content (AvgIpc) is 1.91. The molecule has 5 heteroatoms. The van der Waals surface area contributed by atoms with Gasteiger partial charge in [-0.3, -0.25) is 0 Å². The van der Waals surface area contributed by atoms with Crippen LogP contribution in [0, 0.1) is 0 Å². The van der Waals surface area contributed by atoms with Gasteiger partial charge in [-0.1, -0.05) is 4.67 Å². The van der Waals surface area contributed by atoms with Crippen LogP contribution in [0.2, 0.25) is 0 Å². The molecule has 1 aliphatic heterocycles. The second kappa shape index (κ2) is 4.05. The standard InChI is InChI=1S/C7H14NO2PS/c1-7(2,12)6-8-4-3-5-10-11(8)9/h3-6H2,1-2H3/p+1. The van der Waals surface area contributed by atoms with E-state index >= 15 is 0 Å².